The standard InChI is InChI=1S/C45H49N2O10/c1-6-47(7-2,8-3)57-36(49)28-27-35(48)54-41-39-37-38(44(51)46(43(37)50)32-17-13-10-14-18-32)40(55-39)42(41)56-45(29-15-11-9-12-16-29,30-19-23-33(52-4)24-20-30)31-21-25-34(53-5)26-22-31/h9-26,37-42H,6-8,27-28H2,1-5H3/q+1. The smallest absolute Gasteiger partial charge is 0.367 e. The average Bonchev–Trinajstić information content (AvgIpc) is 3.89. The summed E-state index contributed by atoms with van der Waals surface area (Å²) >= 11 is 0. The number of amides is 2. The van der Waals surface area contributed by atoms with Crippen LogP contribution in [-0.2, 0) is 43.8 Å². The quantitative estimate of drug-likeness (QED) is 0.0440. The Kier molecular flexibility index (Phi) is 11.5. The van der Waals surface area contributed by atoms with Gasteiger partial charge >= 0.3 is 11.9 Å². The molecule has 2 amide bonds. The van der Waals surface area contributed by atoms with Gasteiger partial charge in [0.2, 0.25) is 11.8 Å². The first-order valence-electron chi connectivity index (χ1n) is 19.5. The SMILES string of the molecule is CC[N+](CC)(CC)OC(=O)CCC(=O)OC1C(OC(c2ccccc2)(c2ccc(OC)cc2)c2ccc(OC)cc2)C2OC1C1C(=O)N(c3ccccc3)C(=O)C21. The van der Waals surface area contributed by atoms with Crippen LogP contribution in [0, 0.1) is 11.8 Å². The highest BCUT2D eigenvalue weighted by molar-refractivity contribution is 6.23. The van der Waals surface area contributed by atoms with E-state index < -0.39 is 65.6 Å². The van der Waals surface area contributed by atoms with Gasteiger partial charge in [0, 0.05) is 0 Å². The third-order valence-corrected chi connectivity index (χ3v) is 11.7. The fraction of sp³-hybridized carbons (Fsp3) is 0.378. The number of carbonyl (C=O) groups excluding carboxylic acids is 4. The molecule has 3 aliphatic heterocycles. The van der Waals surface area contributed by atoms with E-state index in [2.05, 4.69) is 0 Å². The van der Waals surface area contributed by atoms with E-state index >= 15 is 0 Å². The molecule has 3 fully saturated rings. The Morgan fingerprint density at radius 2 is 1.09 bits per heavy atom. The lowest BCUT2D eigenvalue weighted by atomic mass is 9.76. The first-order chi connectivity index (χ1) is 27.6. The fourth-order valence-electron chi connectivity index (χ4n) is 8.57. The van der Waals surface area contributed by atoms with E-state index in [4.69, 9.17) is 28.5 Å². The number of para-hydroxylation sites is 1. The maximum Gasteiger partial charge on any atom is 0.367 e. The summed E-state index contributed by atoms with van der Waals surface area (Å²) in [5.74, 6) is -2.60. The summed E-state index contributed by atoms with van der Waals surface area (Å²) in [6.45, 7) is 7.60. The van der Waals surface area contributed by atoms with Crippen LogP contribution in [0.15, 0.2) is 109 Å². The van der Waals surface area contributed by atoms with Crippen LogP contribution in [0.4, 0.5) is 5.69 Å². The third-order valence-electron chi connectivity index (χ3n) is 11.7. The molecule has 12 heteroatoms. The van der Waals surface area contributed by atoms with Crippen molar-refractivity contribution >= 4 is 29.4 Å². The van der Waals surface area contributed by atoms with Crippen LogP contribution < -0.4 is 14.4 Å². The molecule has 6 unspecified atom stereocenters. The number of ether oxygens (including phenoxy) is 5. The number of carbonyl (C=O) groups is 4. The molecule has 298 valence electrons. The maximum absolute atomic E-state index is 14.3. The van der Waals surface area contributed by atoms with Gasteiger partial charge in [-0.05, 0) is 73.9 Å². The van der Waals surface area contributed by atoms with Crippen molar-refractivity contribution in [2.45, 2.75) is 63.6 Å². The predicted molar refractivity (Wildman–Crippen MR) is 209 cm³/mol. The highest BCUT2D eigenvalue weighted by atomic mass is 16.7. The molecule has 4 aromatic rings. The summed E-state index contributed by atoms with van der Waals surface area (Å²) in [7, 11) is 3.18. The number of benzene rings is 4. The molecule has 0 aromatic heterocycles. The summed E-state index contributed by atoms with van der Waals surface area (Å²) in [5, 5.41) is 0. The first-order valence-corrected chi connectivity index (χ1v) is 19.5. The molecular weight excluding hydrogens is 728 g/mol. The van der Waals surface area contributed by atoms with Gasteiger partial charge < -0.3 is 23.7 Å². The van der Waals surface area contributed by atoms with E-state index in [9.17, 15) is 19.2 Å². The molecule has 4 aromatic carbocycles. The lowest BCUT2D eigenvalue weighted by Crippen LogP contribution is -2.54. The molecule has 2 bridgehead atoms. The van der Waals surface area contributed by atoms with Crippen molar-refractivity contribution in [1.29, 1.82) is 0 Å². The number of rotatable bonds is 16. The van der Waals surface area contributed by atoms with Gasteiger partial charge in [0.25, 0.3) is 0 Å². The van der Waals surface area contributed by atoms with Crippen molar-refractivity contribution in [1.82, 2.24) is 0 Å². The largest absolute Gasteiger partial charge is 0.497 e. The number of hydrogen-bond donors (Lipinski definition) is 0. The van der Waals surface area contributed by atoms with Crippen LogP contribution in [0.3, 0.4) is 0 Å². The Morgan fingerprint density at radius 3 is 1.58 bits per heavy atom. The number of methoxy groups -OCH3 is 2. The number of hydrogen-bond acceptors (Lipinski definition) is 10. The van der Waals surface area contributed by atoms with Crippen molar-refractivity contribution in [3.8, 4) is 11.5 Å². The first kappa shape index (κ1) is 39.7. The zero-order valence-electron chi connectivity index (χ0n) is 32.9. The average molecular weight is 778 g/mol. The van der Waals surface area contributed by atoms with E-state index in [1.54, 1.807) is 38.5 Å². The molecule has 12 nitrogen and oxygen atoms in total. The molecule has 57 heavy (non-hydrogen) atoms. The van der Waals surface area contributed by atoms with Gasteiger partial charge in [-0.1, -0.05) is 72.8 Å². The summed E-state index contributed by atoms with van der Waals surface area (Å²) in [6, 6.07) is 33.3. The second-order valence-electron chi connectivity index (χ2n) is 14.5. The van der Waals surface area contributed by atoms with Crippen LogP contribution in [0.25, 0.3) is 0 Å². The van der Waals surface area contributed by atoms with E-state index in [1.165, 1.54) is 4.90 Å². The topological polar surface area (TPSA) is 127 Å². The van der Waals surface area contributed by atoms with Gasteiger partial charge in [-0.2, -0.15) is 0 Å². The Balaban J connectivity index is 1.30. The number of quaternary nitrogens is 1. The molecule has 3 heterocycles. The molecule has 0 N–H and O–H groups in total. The second kappa shape index (κ2) is 16.5. The molecular formula is C45H49N2O10+. The molecule has 0 spiro atoms. The van der Waals surface area contributed by atoms with Gasteiger partial charge in [0.15, 0.2) is 6.10 Å². The number of fused-ring (bicyclic) bond motifs is 5. The number of esters is 1. The summed E-state index contributed by atoms with van der Waals surface area (Å²) in [4.78, 5) is 62.3. The number of anilines is 1. The van der Waals surface area contributed by atoms with Crippen molar-refractivity contribution < 1.29 is 52.3 Å². The Morgan fingerprint density at radius 1 is 0.632 bits per heavy atom. The molecule has 3 aliphatic rings. The van der Waals surface area contributed by atoms with E-state index in [1.807, 2.05) is 106 Å². The van der Waals surface area contributed by atoms with Crippen LogP contribution >= 0.6 is 0 Å². The summed E-state index contributed by atoms with van der Waals surface area (Å²) in [5.41, 5.74) is 1.26. The van der Waals surface area contributed by atoms with Gasteiger partial charge in [0.05, 0.1) is 44.6 Å². The van der Waals surface area contributed by atoms with E-state index in [0.29, 0.717) is 36.8 Å². The number of hydroxylamine groups is 3. The summed E-state index contributed by atoms with van der Waals surface area (Å²) < 4.78 is 31.4. The molecule has 0 radical (unpaired) electrons. The summed E-state index contributed by atoms with van der Waals surface area (Å²) in [6.07, 6.45) is -4.62. The second-order valence-corrected chi connectivity index (χ2v) is 14.5. The van der Waals surface area contributed by atoms with E-state index in [0.717, 1.165) is 16.7 Å². The minimum atomic E-state index is -1.37. The molecule has 0 aliphatic carbocycles. The van der Waals surface area contributed by atoms with Crippen LogP contribution in [0.1, 0.15) is 50.3 Å². The molecule has 0 saturated carbocycles. The van der Waals surface area contributed by atoms with Gasteiger partial charge in [-0.3, -0.25) is 19.2 Å². The van der Waals surface area contributed by atoms with Gasteiger partial charge in [-0.25, -0.2) is 9.69 Å². The molecule has 3 saturated heterocycles. The van der Waals surface area contributed by atoms with Crippen molar-refractivity contribution in [2.75, 3.05) is 38.8 Å². The van der Waals surface area contributed by atoms with Crippen LogP contribution in [0.5, 0.6) is 11.5 Å². The Bertz CT molecular complexity index is 2000. The minimum absolute atomic E-state index is 0.138. The monoisotopic (exact) mass is 777 g/mol. The number of imide groups is 1. The van der Waals surface area contributed by atoms with E-state index in [-0.39, 0.29) is 17.5 Å². The number of nitrogens with zero attached hydrogens (tertiary/aromatic N) is 2. The van der Waals surface area contributed by atoms with Crippen molar-refractivity contribution in [3.05, 3.63) is 126 Å². The normalized spacial score (nSPS) is 22.6. The van der Waals surface area contributed by atoms with Gasteiger partial charge in [0.1, 0.15) is 55.0 Å². The molecule has 7 rings (SSSR count). The molecule has 6 atom stereocenters. The zero-order valence-corrected chi connectivity index (χ0v) is 32.9. The van der Waals surface area contributed by atoms with Gasteiger partial charge in [-0.15, -0.1) is 4.65 Å². The minimum Gasteiger partial charge on any atom is -0.497 e. The highest BCUT2D eigenvalue weighted by Crippen LogP contribution is 2.54. The maximum atomic E-state index is 14.3. The predicted octanol–water partition coefficient (Wildman–Crippen LogP) is 5.99. The fourth-order valence-corrected chi connectivity index (χ4v) is 8.57. The zero-order chi connectivity index (χ0) is 40.3. The lowest BCUT2D eigenvalue weighted by molar-refractivity contribution is -1.09. The lowest BCUT2D eigenvalue weighted by Gasteiger charge is -2.42. The van der Waals surface area contributed by atoms with Crippen LogP contribution in [-0.4, -0.2) is 86.7 Å². The highest BCUT2D eigenvalue weighted by Gasteiger charge is 2.71. The van der Waals surface area contributed by atoms with Crippen LogP contribution in [0.2, 0.25) is 0 Å². The third kappa shape index (κ3) is 7.17. The van der Waals surface area contributed by atoms with Crippen molar-refractivity contribution in [3.63, 3.8) is 0 Å². The van der Waals surface area contributed by atoms with Crippen molar-refractivity contribution in [2.24, 2.45) is 11.8 Å². The Labute approximate surface area is 332 Å². The Hall–Kier alpha value is -5.56.